The monoisotopic (exact) mass is 279 g/mol. The molecule has 0 spiro atoms. The van der Waals surface area contributed by atoms with Gasteiger partial charge in [-0.1, -0.05) is 23.8 Å². The topological polar surface area (TPSA) is 48.7 Å². The van der Waals surface area contributed by atoms with E-state index in [-0.39, 0.29) is 0 Å². The average molecular weight is 279 g/mol. The highest BCUT2D eigenvalue weighted by atomic mass is 16.3. The summed E-state index contributed by atoms with van der Waals surface area (Å²) in [6, 6.07) is 10.1. The highest BCUT2D eigenvalue weighted by Gasteiger charge is 2.44. The van der Waals surface area contributed by atoms with E-state index in [2.05, 4.69) is 35.1 Å². The summed E-state index contributed by atoms with van der Waals surface area (Å²) in [7, 11) is 0. The molecule has 1 N–H and O–H groups in total. The molecule has 4 rings (SSSR count). The van der Waals surface area contributed by atoms with Crippen molar-refractivity contribution >= 4 is 5.84 Å². The predicted octanol–water partition coefficient (Wildman–Crippen LogP) is 1.85. The van der Waals surface area contributed by atoms with Crippen LogP contribution in [0.1, 0.15) is 22.3 Å². The van der Waals surface area contributed by atoms with Crippen LogP contribution in [0.15, 0.2) is 47.7 Å². The van der Waals surface area contributed by atoms with Crippen LogP contribution < -0.4 is 0 Å². The van der Waals surface area contributed by atoms with Gasteiger partial charge in [0.1, 0.15) is 5.84 Å². The number of rotatable bonds is 1. The van der Waals surface area contributed by atoms with E-state index in [0.717, 1.165) is 35.6 Å². The van der Waals surface area contributed by atoms with Crippen LogP contribution in [0.5, 0.6) is 0 Å². The molecule has 2 aliphatic heterocycles. The van der Waals surface area contributed by atoms with Crippen LogP contribution in [-0.4, -0.2) is 33.9 Å². The number of aromatic nitrogens is 1. The molecule has 21 heavy (non-hydrogen) atoms. The first kappa shape index (κ1) is 12.5. The predicted molar refractivity (Wildman–Crippen MR) is 81.1 cm³/mol. The van der Waals surface area contributed by atoms with Crippen molar-refractivity contribution in [2.75, 3.05) is 13.1 Å². The Bertz CT molecular complexity index is 726. The third kappa shape index (κ3) is 1.79. The van der Waals surface area contributed by atoms with Crippen LogP contribution in [0.3, 0.4) is 0 Å². The Hall–Kier alpha value is -2.20. The van der Waals surface area contributed by atoms with Crippen molar-refractivity contribution in [2.24, 2.45) is 4.99 Å². The van der Waals surface area contributed by atoms with Crippen LogP contribution in [0.4, 0.5) is 0 Å². The van der Waals surface area contributed by atoms with Gasteiger partial charge in [0, 0.05) is 36.5 Å². The lowest BCUT2D eigenvalue weighted by Gasteiger charge is -2.43. The number of benzene rings is 1. The molecule has 0 fully saturated rings. The van der Waals surface area contributed by atoms with Gasteiger partial charge in [0.2, 0.25) is 0 Å². The van der Waals surface area contributed by atoms with Crippen molar-refractivity contribution in [3.8, 4) is 0 Å². The smallest absolute Gasteiger partial charge is 0.169 e. The number of nitrogens with zero attached hydrogens (tertiary/aromatic N) is 3. The molecule has 2 aliphatic rings. The SMILES string of the molecule is Cc1ccc2c(c1)CC(O)(c1ccncc1)N1CCN=C21. The number of pyridine rings is 1. The maximum Gasteiger partial charge on any atom is 0.169 e. The normalized spacial score (nSPS) is 23.5. The van der Waals surface area contributed by atoms with Gasteiger partial charge in [-0.05, 0) is 24.6 Å². The zero-order valence-corrected chi connectivity index (χ0v) is 12.0. The summed E-state index contributed by atoms with van der Waals surface area (Å²) in [6.07, 6.45) is 4.03. The Morgan fingerprint density at radius 1 is 1.19 bits per heavy atom. The molecular formula is C17H17N3O. The Morgan fingerprint density at radius 2 is 2.00 bits per heavy atom. The van der Waals surface area contributed by atoms with E-state index in [1.165, 1.54) is 5.56 Å². The first-order chi connectivity index (χ1) is 10.2. The van der Waals surface area contributed by atoms with E-state index in [9.17, 15) is 5.11 Å². The largest absolute Gasteiger partial charge is 0.366 e. The highest BCUT2D eigenvalue weighted by Crippen LogP contribution is 2.38. The van der Waals surface area contributed by atoms with Crippen molar-refractivity contribution in [3.63, 3.8) is 0 Å². The van der Waals surface area contributed by atoms with E-state index in [1.807, 2.05) is 17.0 Å². The van der Waals surface area contributed by atoms with E-state index >= 15 is 0 Å². The Labute approximate surface area is 123 Å². The van der Waals surface area contributed by atoms with E-state index < -0.39 is 5.72 Å². The summed E-state index contributed by atoms with van der Waals surface area (Å²) in [4.78, 5) is 10.7. The molecule has 0 radical (unpaired) electrons. The van der Waals surface area contributed by atoms with E-state index in [0.29, 0.717) is 6.42 Å². The zero-order valence-electron chi connectivity index (χ0n) is 12.0. The summed E-state index contributed by atoms with van der Waals surface area (Å²) < 4.78 is 0. The van der Waals surface area contributed by atoms with Crippen LogP contribution in [-0.2, 0) is 12.1 Å². The molecule has 0 saturated heterocycles. The molecule has 0 aliphatic carbocycles. The number of amidine groups is 1. The average Bonchev–Trinajstić information content (AvgIpc) is 2.98. The lowest BCUT2D eigenvalue weighted by Crippen LogP contribution is -2.53. The second kappa shape index (κ2) is 4.40. The van der Waals surface area contributed by atoms with Crippen LogP contribution in [0.2, 0.25) is 0 Å². The molecule has 0 saturated carbocycles. The van der Waals surface area contributed by atoms with Gasteiger partial charge in [0.05, 0.1) is 6.54 Å². The summed E-state index contributed by atoms with van der Waals surface area (Å²) in [5, 5.41) is 11.4. The van der Waals surface area contributed by atoms with Crippen molar-refractivity contribution in [1.82, 2.24) is 9.88 Å². The fourth-order valence-corrected chi connectivity index (χ4v) is 3.36. The van der Waals surface area contributed by atoms with Gasteiger partial charge in [-0.25, -0.2) is 0 Å². The molecule has 2 aromatic rings. The molecule has 4 nitrogen and oxygen atoms in total. The summed E-state index contributed by atoms with van der Waals surface area (Å²) >= 11 is 0. The van der Waals surface area contributed by atoms with Crippen molar-refractivity contribution < 1.29 is 5.11 Å². The number of hydrogen-bond acceptors (Lipinski definition) is 4. The Kier molecular flexibility index (Phi) is 2.62. The van der Waals surface area contributed by atoms with Crippen molar-refractivity contribution in [2.45, 2.75) is 19.1 Å². The molecule has 1 unspecified atom stereocenters. The number of aliphatic imine (C=N–C) groups is 1. The van der Waals surface area contributed by atoms with Gasteiger partial charge in [-0.2, -0.15) is 0 Å². The molecule has 4 heteroatoms. The second-order valence-electron chi connectivity index (χ2n) is 5.75. The minimum Gasteiger partial charge on any atom is -0.366 e. The number of fused-ring (bicyclic) bond motifs is 3. The third-order valence-corrected chi connectivity index (χ3v) is 4.37. The minimum atomic E-state index is -1.03. The molecule has 0 amide bonds. The zero-order chi connectivity index (χ0) is 14.4. The number of aliphatic hydroxyl groups is 1. The van der Waals surface area contributed by atoms with Gasteiger partial charge in [0.25, 0.3) is 0 Å². The summed E-state index contributed by atoms with van der Waals surface area (Å²) in [5.41, 5.74) is 3.36. The van der Waals surface area contributed by atoms with Gasteiger partial charge in [-0.3, -0.25) is 9.98 Å². The first-order valence-electron chi connectivity index (χ1n) is 7.23. The summed E-state index contributed by atoms with van der Waals surface area (Å²) in [5.74, 6) is 0.913. The van der Waals surface area contributed by atoms with Gasteiger partial charge >= 0.3 is 0 Å². The van der Waals surface area contributed by atoms with Crippen LogP contribution in [0.25, 0.3) is 0 Å². The second-order valence-corrected chi connectivity index (χ2v) is 5.75. The van der Waals surface area contributed by atoms with E-state index in [4.69, 9.17) is 0 Å². The van der Waals surface area contributed by atoms with Crippen LogP contribution in [0, 0.1) is 6.92 Å². The van der Waals surface area contributed by atoms with Gasteiger partial charge in [-0.15, -0.1) is 0 Å². The molecule has 3 heterocycles. The maximum atomic E-state index is 11.4. The molecule has 1 aromatic carbocycles. The fraction of sp³-hybridized carbons (Fsp3) is 0.294. The standard InChI is InChI=1S/C17H17N3O/c1-12-2-3-15-13(10-12)11-17(21,14-4-6-18-7-5-14)20-9-8-19-16(15)20/h2-7,10,21H,8-9,11H2,1H3. The highest BCUT2D eigenvalue weighted by molar-refractivity contribution is 6.02. The first-order valence-corrected chi connectivity index (χ1v) is 7.23. The molecule has 106 valence electrons. The number of hydrogen-bond donors (Lipinski definition) is 1. The van der Waals surface area contributed by atoms with Crippen molar-refractivity contribution in [3.05, 3.63) is 65.0 Å². The molecular weight excluding hydrogens is 262 g/mol. The molecule has 1 atom stereocenters. The van der Waals surface area contributed by atoms with Crippen molar-refractivity contribution in [1.29, 1.82) is 0 Å². The lowest BCUT2D eigenvalue weighted by molar-refractivity contribution is -0.0745. The van der Waals surface area contributed by atoms with Crippen LogP contribution >= 0.6 is 0 Å². The summed E-state index contributed by atoms with van der Waals surface area (Å²) in [6.45, 7) is 3.56. The quantitative estimate of drug-likeness (QED) is 0.866. The third-order valence-electron chi connectivity index (χ3n) is 4.37. The Morgan fingerprint density at radius 3 is 2.81 bits per heavy atom. The van der Waals surface area contributed by atoms with Gasteiger partial charge in [0.15, 0.2) is 5.72 Å². The fourth-order valence-electron chi connectivity index (χ4n) is 3.36. The van der Waals surface area contributed by atoms with Gasteiger partial charge < -0.3 is 10.0 Å². The maximum absolute atomic E-state index is 11.4. The van der Waals surface area contributed by atoms with E-state index in [1.54, 1.807) is 12.4 Å². The Balaban J connectivity index is 1.90. The lowest BCUT2D eigenvalue weighted by atomic mass is 9.86. The molecule has 0 bridgehead atoms. The number of aryl methyl sites for hydroxylation is 1. The molecule has 1 aromatic heterocycles. The minimum absolute atomic E-state index is 0.576.